The molecule has 1 aromatic rings. The lowest BCUT2D eigenvalue weighted by molar-refractivity contribution is 0.0600. The molecule has 190 valence electrons. The first-order valence-electron chi connectivity index (χ1n) is 12.7. The van der Waals surface area contributed by atoms with Crippen molar-refractivity contribution in [1.29, 1.82) is 0 Å². The molecule has 2 heterocycles. The van der Waals surface area contributed by atoms with Crippen LogP contribution in [0.25, 0.3) is 0 Å². The van der Waals surface area contributed by atoms with Crippen molar-refractivity contribution < 1.29 is 18.7 Å². The molecule has 1 aromatic carbocycles. The highest BCUT2D eigenvalue weighted by atomic mass is 79.9. The summed E-state index contributed by atoms with van der Waals surface area (Å²) < 4.78 is 18.7. The largest absolute Gasteiger partial charge is 0.493 e. The van der Waals surface area contributed by atoms with Crippen LogP contribution >= 0.6 is 15.9 Å². The number of alkyl halides is 1. The molecule has 1 unspecified atom stereocenters. The van der Waals surface area contributed by atoms with Crippen molar-refractivity contribution in [2.24, 2.45) is 5.41 Å². The molecule has 1 saturated heterocycles. The van der Waals surface area contributed by atoms with Gasteiger partial charge in [0, 0.05) is 17.9 Å². The molecular formula is C26H41BrN2O4Si. The normalized spacial score (nSPS) is 23.3. The molecule has 1 N–H and O–H groups in total. The molecule has 0 radical (unpaired) electrons. The van der Waals surface area contributed by atoms with Crippen LogP contribution in [0.15, 0.2) is 12.1 Å². The topological polar surface area (TPSA) is 60.0 Å². The molecular weight excluding hydrogens is 512 g/mol. The van der Waals surface area contributed by atoms with Gasteiger partial charge >= 0.3 is 0 Å². The molecule has 0 aromatic heterocycles. The predicted molar refractivity (Wildman–Crippen MR) is 143 cm³/mol. The number of methoxy groups -OCH3 is 1. The summed E-state index contributed by atoms with van der Waals surface area (Å²) in [5.74, 6) is 1.35. The lowest BCUT2D eigenvalue weighted by Crippen LogP contribution is -2.52. The SMILES string of the molecule is COc1cc2c(cc1OCCCCCBr)NC(O[Si](C)(C)C(C)(C)C)[C@@H]1CC3(CC3)CN1C2=O. The number of nitrogens with one attached hydrogen (secondary N) is 1. The summed E-state index contributed by atoms with van der Waals surface area (Å²) in [6.07, 6.45) is 6.41. The number of rotatable bonds is 9. The number of anilines is 1. The Morgan fingerprint density at radius 3 is 2.53 bits per heavy atom. The number of halogens is 1. The Bertz CT molecular complexity index is 913. The number of unbranched alkanes of at least 4 members (excludes halogenated alkanes) is 2. The fraction of sp³-hybridized carbons (Fsp3) is 0.731. The van der Waals surface area contributed by atoms with E-state index in [9.17, 15) is 4.79 Å². The van der Waals surface area contributed by atoms with Crippen molar-refractivity contribution in [3.63, 3.8) is 0 Å². The second-order valence-electron chi connectivity index (χ2n) is 11.8. The Labute approximate surface area is 214 Å². The van der Waals surface area contributed by atoms with Crippen LogP contribution in [-0.4, -0.2) is 57.0 Å². The van der Waals surface area contributed by atoms with Crippen molar-refractivity contribution in [1.82, 2.24) is 4.90 Å². The van der Waals surface area contributed by atoms with Gasteiger partial charge < -0.3 is 24.1 Å². The first kappa shape index (κ1) is 25.8. The molecule has 2 atom stereocenters. The van der Waals surface area contributed by atoms with Crippen LogP contribution in [0.1, 0.15) is 69.7 Å². The van der Waals surface area contributed by atoms with Crippen LogP contribution in [0, 0.1) is 5.41 Å². The van der Waals surface area contributed by atoms with Crippen molar-refractivity contribution in [2.45, 2.75) is 89.7 Å². The molecule has 2 aliphatic heterocycles. The van der Waals surface area contributed by atoms with E-state index in [0.29, 0.717) is 23.7 Å². The monoisotopic (exact) mass is 552 g/mol. The van der Waals surface area contributed by atoms with Gasteiger partial charge in [-0.3, -0.25) is 4.79 Å². The third-order valence-corrected chi connectivity index (χ3v) is 13.2. The van der Waals surface area contributed by atoms with Crippen LogP contribution in [-0.2, 0) is 4.43 Å². The summed E-state index contributed by atoms with van der Waals surface area (Å²) >= 11 is 3.48. The fourth-order valence-corrected chi connectivity index (χ4v) is 6.42. The summed E-state index contributed by atoms with van der Waals surface area (Å²) in [7, 11) is -0.435. The van der Waals surface area contributed by atoms with Crippen molar-refractivity contribution in [2.75, 3.05) is 30.9 Å². The van der Waals surface area contributed by atoms with Gasteiger partial charge in [-0.05, 0) is 68.1 Å². The van der Waals surface area contributed by atoms with Gasteiger partial charge in [0.1, 0.15) is 6.23 Å². The molecule has 3 aliphatic rings. The maximum absolute atomic E-state index is 13.8. The Morgan fingerprint density at radius 1 is 1.18 bits per heavy atom. The predicted octanol–water partition coefficient (Wildman–Crippen LogP) is 6.41. The molecule has 8 heteroatoms. The number of hydrogen-bond donors (Lipinski definition) is 1. The zero-order chi connectivity index (χ0) is 24.7. The molecule has 4 rings (SSSR count). The zero-order valence-electron chi connectivity index (χ0n) is 21.6. The number of ether oxygens (including phenoxy) is 2. The number of hydrogen-bond acceptors (Lipinski definition) is 5. The van der Waals surface area contributed by atoms with Gasteiger partial charge in [-0.1, -0.05) is 36.7 Å². The third-order valence-electron chi connectivity index (χ3n) is 8.21. The number of fused-ring (bicyclic) bond motifs is 2. The lowest BCUT2D eigenvalue weighted by atomic mass is 10.0. The Balaban J connectivity index is 1.65. The van der Waals surface area contributed by atoms with Gasteiger partial charge in [0.25, 0.3) is 5.91 Å². The molecule has 34 heavy (non-hydrogen) atoms. The molecule has 6 nitrogen and oxygen atoms in total. The summed E-state index contributed by atoms with van der Waals surface area (Å²) in [6, 6.07) is 3.83. The van der Waals surface area contributed by atoms with E-state index >= 15 is 0 Å². The summed E-state index contributed by atoms with van der Waals surface area (Å²) in [5, 5.41) is 4.76. The first-order chi connectivity index (χ1) is 16.0. The highest BCUT2D eigenvalue weighted by Gasteiger charge is 2.57. The van der Waals surface area contributed by atoms with Gasteiger partial charge in [-0.25, -0.2) is 0 Å². The molecule has 1 amide bonds. The van der Waals surface area contributed by atoms with E-state index in [1.807, 2.05) is 12.1 Å². The standard InChI is InChI=1S/C26H41BrN2O4Si/c1-25(2,3)34(5,6)33-23-20-16-26(10-11-26)17-29(20)24(30)18-14-21(31-4)22(15-19(18)28-23)32-13-9-7-8-12-27/h14-15,20,23,28H,7-13,16-17H2,1-6H3/t20-,23?/m0/s1. The van der Waals surface area contributed by atoms with Crippen LogP contribution in [0.3, 0.4) is 0 Å². The maximum atomic E-state index is 13.8. The minimum Gasteiger partial charge on any atom is -0.493 e. The summed E-state index contributed by atoms with van der Waals surface area (Å²) in [5.41, 5.74) is 1.72. The van der Waals surface area contributed by atoms with Gasteiger partial charge in [-0.2, -0.15) is 0 Å². The molecule has 1 spiro atoms. The first-order valence-corrected chi connectivity index (χ1v) is 16.7. The number of amides is 1. The van der Waals surface area contributed by atoms with Gasteiger partial charge in [0.05, 0.1) is 31.0 Å². The Kier molecular flexibility index (Phi) is 7.34. The fourth-order valence-electron chi connectivity index (χ4n) is 4.82. The molecule has 1 aliphatic carbocycles. The Morgan fingerprint density at radius 2 is 1.91 bits per heavy atom. The lowest BCUT2D eigenvalue weighted by Gasteiger charge is -2.41. The van der Waals surface area contributed by atoms with Crippen LogP contribution in [0.4, 0.5) is 5.69 Å². The van der Waals surface area contributed by atoms with E-state index < -0.39 is 8.32 Å². The zero-order valence-corrected chi connectivity index (χ0v) is 24.2. The highest BCUT2D eigenvalue weighted by molar-refractivity contribution is 9.09. The van der Waals surface area contributed by atoms with E-state index in [2.05, 4.69) is 60.0 Å². The quantitative estimate of drug-likeness (QED) is 0.218. The van der Waals surface area contributed by atoms with Crippen LogP contribution in [0.2, 0.25) is 18.1 Å². The van der Waals surface area contributed by atoms with Crippen molar-refractivity contribution in [3.05, 3.63) is 17.7 Å². The van der Waals surface area contributed by atoms with Gasteiger partial charge in [-0.15, -0.1) is 0 Å². The van der Waals surface area contributed by atoms with Crippen LogP contribution < -0.4 is 14.8 Å². The molecule has 0 bridgehead atoms. The van der Waals surface area contributed by atoms with E-state index in [-0.39, 0.29) is 28.6 Å². The number of benzene rings is 1. The summed E-state index contributed by atoms with van der Waals surface area (Å²) in [4.78, 5) is 15.9. The second-order valence-corrected chi connectivity index (χ2v) is 17.3. The number of carbonyl (C=O) groups excluding carboxylic acids is 1. The van der Waals surface area contributed by atoms with E-state index in [1.165, 1.54) is 12.8 Å². The average molecular weight is 554 g/mol. The van der Waals surface area contributed by atoms with Gasteiger partial charge in [0.2, 0.25) is 0 Å². The number of nitrogens with zero attached hydrogens (tertiary/aromatic N) is 1. The summed E-state index contributed by atoms with van der Waals surface area (Å²) in [6.45, 7) is 12.8. The van der Waals surface area contributed by atoms with Crippen molar-refractivity contribution in [3.8, 4) is 11.5 Å². The second kappa shape index (κ2) is 9.66. The van der Waals surface area contributed by atoms with E-state index in [0.717, 1.165) is 43.2 Å². The van der Waals surface area contributed by atoms with E-state index in [4.69, 9.17) is 13.9 Å². The van der Waals surface area contributed by atoms with Gasteiger partial charge in [0.15, 0.2) is 19.8 Å². The third kappa shape index (κ3) is 5.14. The smallest absolute Gasteiger partial charge is 0.256 e. The van der Waals surface area contributed by atoms with E-state index in [1.54, 1.807) is 7.11 Å². The Hall–Kier alpha value is -1.25. The highest BCUT2D eigenvalue weighted by Crippen LogP contribution is 2.57. The molecule has 1 saturated carbocycles. The minimum atomic E-state index is -2.07. The van der Waals surface area contributed by atoms with Crippen molar-refractivity contribution >= 4 is 35.8 Å². The van der Waals surface area contributed by atoms with Crippen LogP contribution in [0.5, 0.6) is 11.5 Å². The number of carbonyl (C=O) groups is 1. The minimum absolute atomic E-state index is 0.0381. The maximum Gasteiger partial charge on any atom is 0.256 e. The molecule has 2 fully saturated rings. The average Bonchev–Trinajstić information content (AvgIpc) is 3.43.